The molecule has 0 saturated carbocycles. The van der Waals surface area contributed by atoms with Gasteiger partial charge in [0.2, 0.25) is 0 Å². The van der Waals surface area contributed by atoms with Crippen LogP contribution < -0.4 is 5.32 Å². The van der Waals surface area contributed by atoms with Crippen molar-refractivity contribution in [2.24, 2.45) is 7.05 Å². The first-order valence-corrected chi connectivity index (χ1v) is 11.9. The van der Waals surface area contributed by atoms with E-state index >= 15 is 0 Å². The number of esters is 1. The highest BCUT2D eigenvalue weighted by Gasteiger charge is 2.37. The van der Waals surface area contributed by atoms with Crippen molar-refractivity contribution in [3.8, 4) is 0 Å². The summed E-state index contributed by atoms with van der Waals surface area (Å²) in [5.74, 6) is -1.04. The number of nitrogens with zero attached hydrogens (tertiary/aromatic N) is 2. The molecule has 1 aliphatic rings. The molecule has 4 rings (SSSR count). The maximum Gasteiger partial charge on any atom is 0.435 e. The molecule has 3 aromatic heterocycles. The SMILES string of the molecule is CC[C@H](C)OC(=O)c1c(NC(=O)c2cc3c(C(F)(F)F)nn(C)c3s2)sc2c1CCCC2. The Morgan fingerprint density at radius 2 is 2.00 bits per heavy atom. The van der Waals surface area contributed by atoms with Crippen molar-refractivity contribution >= 4 is 49.8 Å². The van der Waals surface area contributed by atoms with Crippen LogP contribution >= 0.6 is 22.7 Å². The van der Waals surface area contributed by atoms with E-state index in [1.807, 2.05) is 6.92 Å². The average molecular weight is 486 g/mol. The molecule has 0 aliphatic heterocycles. The maximum absolute atomic E-state index is 13.3. The molecule has 32 heavy (non-hydrogen) atoms. The number of nitrogens with one attached hydrogen (secondary N) is 1. The zero-order valence-corrected chi connectivity index (χ0v) is 19.4. The van der Waals surface area contributed by atoms with E-state index in [-0.39, 0.29) is 21.2 Å². The number of carbonyl (C=O) groups excluding carboxylic acids is 2. The van der Waals surface area contributed by atoms with Crippen molar-refractivity contribution < 1.29 is 27.5 Å². The third-order valence-electron chi connectivity index (χ3n) is 5.49. The highest BCUT2D eigenvalue weighted by atomic mass is 32.1. The highest BCUT2D eigenvalue weighted by Crippen LogP contribution is 2.40. The molecule has 1 atom stereocenters. The van der Waals surface area contributed by atoms with Crippen LogP contribution in [0, 0.1) is 0 Å². The number of amides is 1. The van der Waals surface area contributed by atoms with Gasteiger partial charge in [-0.25, -0.2) is 4.79 Å². The predicted molar refractivity (Wildman–Crippen MR) is 118 cm³/mol. The summed E-state index contributed by atoms with van der Waals surface area (Å²) in [6.07, 6.45) is -0.709. The van der Waals surface area contributed by atoms with Gasteiger partial charge in [0.25, 0.3) is 5.91 Å². The van der Waals surface area contributed by atoms with Crippen LogP contribution in [-0.4, -0.2) is 27.8 Å². The van der Waals surface area contributed by atoms with Gasteiger partial charge >= 0.3 is 12.1 Å². The van der Waals surface area contributed by atoms with Gasteiger partial charge in [-0.2, -0.15) is 18.3 Å². The lowest BCUT2D eigenvalue weighted by Crippen LogP contribution is -2.18. The molecule has 6 nitrogen and oxygen atoms in total. The molecule has 1 aliphatic carbocycles. The predicted octanol–water partition coefficient (Wildman–Crippen LogP) is 5.80. The molecule has 1 N–H and O–H groups in total. The number of hydrogen-bond acceptors (Lipinski definition) is 6. The van der Waals surface area contributed by atoms with Gasteiger partial charge in [0.1, 0.15) is 9.83 Å². The number of halogens is 3. The van der Waals surface area contributed by atoms with E-state index in [2.05, 4.69) is 10.4 Å². The summed E-state index contributed by atoms with van der Waals surface area (Å²) in [5, 5.41) is 6.57. The Bertz CT molecular complexity index is 1190. The molecule has 172 valence electrons. The smallest absolute Gasteiger partial charge is 0.435 e. The van der Waals surface area contributed by atoms with Crippen molar-refractivity contribution in [1.82, 2.24) is 9.78 Å². The molecule has 0 bridgehead atoms. The van der Waals surface area contributed by atoms with Gasteiger partial charge < -0.3 is 10.1 Å². The first-order chi connectivity index (χ1) is 15.1. The normalized spacial score (nSPS) is 14.9. The number of anilines is 1. The molecular formula is C21H22F3N3O3S2. The van der Waals surface area contributed by atoms with Crippen LogP contribution in [0.1, 0.15) is 69.3 Å². The van der Waals surface area contributed by atoms with Crippen LogP contribution in [-0.2, 0) is 30.8 Å². The summed E-state index contributed by atoms with van der Waals surface area (Å²) < 4.78 is 46.5. The monoisotopic (exact) mass is 485 g/mol. The van der Waals surface area contributed by atoms with E-state index in [9.17, 15) is 22.8 Å². The van der Waals surface area contributed by atoms with Crippen molar-refractivity contribution in [1.29, 1.82) is 0 Å². The first-order valence-electron chi connectivity index (χ1n) is 10.3. The fourth-order valence-corrected chi connectivity index (χ4v) is 5.96. The van der Waals surface area contributed by atoms with E-state index < -0.39 is 23.7 Å². The van der Waals surface area contributed by atoms with Gasteiger partial charge in [-0.1, -0.05) is 6.92 Å². The number of thiophene rings is 2. The second-order valence-electron chi connectivity index (χ2n) is 7.79. The van der Waals surface area contributed by atoms with Crippen molar-refractivity contribution in [3.05, 3.63) is 32.6 Å². The van der Waals surface area contributed by atoms with Gasteiger partial charge in [0.05, 0.1) is 16.5 Å². The zero-order chi connectivity index (χ0) is 23.2. The van der Waals surface area contributed by atoms with Crippen LogP contribution in [0.25, 0.3) is 10.2 Å². The van der Waals surface area contributed by atoms with Crippen LogP contribution in [0.2, 0.25) is 0 Å². The number of aryl methyl sites for hydroxylation is 2. The minimum absolute atomic E-state index is 0.114. The van der Waals surface area contributed by atoms with Crippen LogP contribution in [0.5, 0.6) is 0 Å². The number of ether oxygens (including phenoxy) is 1. The van der Waals surface area contributed by atoms with E-state index in [4.69, 9.17) is 4.74 Å². The summed E-state index contributed by atoms with van der Waals surface area (Å²) in [5.41, 5.74) is 0.261. The van der Waals surface area contributed by atoms with Crippen molar-refractivity contribution in [2.45, 2.75) is 58.2 Å². The van der Waals surface area contributed by atoms with E-state index in [0.29, 0.717) is 17.0 Å². The van der Waals surface area contributed by atoms with Gasteiger partial charge in [-0.05, 0) is 50.7 Å². The summed E-state index contributed by atoms with van der Waals surface area (Å²) in [6, 6.07) is 1.20. The molecule has 0 radical (unpaired) electrons. The van der Waals surface area contributed by atoms with E-state index in [0.717, 1.165) is 52.1 Å². The molecule has 11 heteroatoms. The number of carbonyl (C=O) groups is 2. The highest BCUT2D eigenvalue weighted by molar-refractivity contribution is 7.21. The molecule has 3 heterocycles. The number of rotatable bonds is 5. The quantitative estimate of drug-likeness (QED) is 0.464. The largest absolute Gasteiger partial charge is 0.459 e. The second-order valence-corrected chi connectivity index (χ2v) is 9.93. The Morgan fingerprint density at radius 3 is 2.69 bits per heavy atom. The van der Waals surface area contributed by atoms with Crippen LogP contribution in [0.3, 0.4) is 0 Å². The van der Waals surface area contributed by atoms with Gasteiger partial charge in [0.15, 0.2) is 5.69 Å². The lowest BCUT2D eigenvalue weighted by molar-refractivity contribution is -0.140. The number of fused-ring (bicyclic) bond motifs is 2. The third-order valence-corrected chi connectivity index (χ3v) is 7.90. The third kappa shape index (κ3) is 4.15. The fourth-order valence-electron chi connectivity index (χ4n) is 3.72. The number of aromatic nitrogens is 2. The van der Waals surface area contributed by atoms with Gasteiger partial charge in [-0.15, -0.1) is 22.7 Å². The first kappa shape index (κ1) is 22.8. The summed E-state index contributed by atoms with van der Waals surface area (Å²) in [4.78, 5) is 27.3. The van der Waals surface area contributed by atoms with E-state index in [1.165, 1.54) is 24.5 Å². The fraction of sp³-hybridized carbons (Fsp3) is 0.476. The number of alkyl halides is 3. The lowest BCUT2D eigenvalue weighted by Gasteiger charge is -2.15. The molecule has 1 amide bonds. The minimum atomic E-state index is -4.62. The minimum Gasteiger partial charge on any atom is -0.459 e. The Kier molecular flexibility index (Phi) is 6.06. The van der Waals surface area contributed by atoms with Crippen LogP contribution in [0.15, 0.2) is 6.07 Å². The molecule has 0 fully saturated rings. The van der Waals surface area contributed by atoms with Crippen molar-refractivity contribution in [2.75, 3.05) is 5.32 Å². The Balaban J connectivity index is 1.68. The molecule has 0 spiro atoms. The second kappa shape index (κ2) is 8.51. The number of hydrogen-bond donors (Lipinski definition) is 1. The summed E-state index contributed by atoms with van der Waals surface area (Å²) >= 11 is 2.27. The van der Waals surface area contributed by atoms with E-state index in [1.54, 1.807) is 6.92 Å². The average Bonchev–Trinajstić information content (AvgIpc) is 3.39. The maximum atomic E-state index is 13.3. The molecule has 3 aromatic rings. The lowest BCUT2D eigenvalue weighted by atomic mass is 9.95. The van der Waals surface area contributed by atoms with Gasteiger partial charge in [-0.3, -0.25) is 9.48 Å². The summed E-state index contributed by atoms with van der Waals surface area (Å²) in [7, 11) is 1.41. The zero-order valence-electron chi connectivity index (χ0n) is 17.8. The van der Waals surface area contributed by atoms with Gasteiger partial charge in [0, 0.05) is 17.3 Å². The molecule has 0 saturated heterocycles. The Labute approximate surface area is 190 Å². The Hall–Kier alpha value is -2.40. The van der Waals surface area contributed by atoms with Crippen molar-refractivity contribution in [3.63, 3.8) is 0 Å². The standard InChI is InChI=1S/C21H22F3N3O3S2/c1-4-10(2)30-20(29)15-11-7-5-6-8-13(11)31-18(15)25-17(28)14-9-12-16(21(22,23)24)26-27(3)19(12)32-14/h9-10H,4-8H2,1-3H3,(H,25,28)/t10-/m0/s1. The molecule has 0 unspecified atom stereocenters. The van der Waals surface area contributed by atoms with Crippen LogP contribution in [0.4, 0.5) is 18.2 Å². The summed E-state index contributed by atoms with van der Waals surface area (Å²) in [6.45, 7) is 3.72. The molecule has 0 aromatic carbocycles. The Morgan fingerprint density at radius 1 is 1.28 bits per heavy atom. The topological polar surface area (TPSA) is 73.2 Å². The molecular weight excluding hydrogens is 463 g/mol.